The molecule has 1 rings (SSSR count). The summed E-state index contributed by atoms with van der Waals surface area (Å²) in [6, 6.07) is 7.84. The molecule has 2 N–H and O–H groups in total. The number of nitrogens with one attached hydrogen (secondary N) is 2. The molecule has 0 spiro atoms. The first-order valence-electron chi connectivity index (χ1n) is 7.58. The fraction of sp³-hybridized carbons (Fsp3) is 0.471. The Morgan fingerprint density at radius 3 is 2.76 bits per heavy atom. The van der Waals surface area contributed by atoms with Crippen LogP contribution in [0.3, 0.4) is 0 Å². The van der Waals surface area contributed by atoms with Gasteiger partial charge in [0.05, 0.1) is 0 Å². The van der Waals surface area contributed by atoms with Gasteiger partial charge in [0.25, 0.3) is 0 Å². The lowest BCUT2D eigenvalue weighted by molar-refractivity contribution is 0.129. The van der Waals surface area contributed by atoms with Crippen LogP contribution in [0.4, 0.5) is 4.79 Å². The summed E-state index contributed by atoms with van der Waals surface area (Å²) in [7, 11) is 0. The molecule has 0 atom stereocenters. The molecule has 1 aromatic rings. The summed E-state index contributed by atoms with van der Waals surface area (Å²) in [5.74, 6) is 0. The molecule has 4 heteroatoms. The van der Waals surface area contributed by atoms with Gasteiger partial charge in [-0.25, -0.2) is 4.79 Å². The second-order valence-electron chi connectivity index (χ2n) is 4.91. The van der Waals surface area contributed by atoms with E-state index in [1.807, 2.05) is 37.3 Å². The summed E-state index contributed by atoms with van der Waals surface area (Å²) in [4.78, 5) is 11.5. The fourth-order valence-corrected chi connectivity index (χ4v) is 1.76. The molecule has 0 aliphatic heterocycles. The third-order valence-corrected chi connectivity index (χ3v) is 3.06. The minimum absolute atomic E-state index is 0.187. The third kappa shape index (κ3) is 8.15. The third-order valence-electron chi connectivity index (χ3n) is 3.06. The number of aryl methyl sites for hydroxylation is 1. The van der Waals surface area contributed by atoms with Crippen molar-refractivity contribution in [2.75, 3.05) is 19.8 Å². The number of amides is 2. The second kappa shape index (κ2) is 10.9. The van der Waals surface area contributed by atoms with Gasteiger partial charge in [0, 0.05) is 26.0 Å². The highest BCUT2D eigenvalue weighted by Gasteiger charge is 1.96. The molecule has 2 amide bonds. The van der Waals surface area contributed by atoms with Crippen LogP contribution in [0.5, 0.6) is 0 Å². The Kier molecular flexibility index (Phi) is 8.96. The molecule has 0 aliphatic rings. The normalized spacial score (nSPS) is 10.8. The molecule has 0 fully saturated rings. The van der Waals surface area contributed by atoms with Crippen molar-refractivity contribution in [2.45, 2.75) is 33.1 Å². The van der Waals surface area contributed by atoms with Crippen LogP contribution in [-0.2, 0) is 4.74 Å². The lowest BCUT2D eigenvalue weighted by Gasteiger charge is -2.05. The number of unbranched alkanes of at least 4 members (excludes halogenated alkanes) is 1. The molecule has 0 radical (unpaired) electrons. The zero-order valence-electron chi connectivity index (χ0n) is 13.0. The molecule has 1 aromatic carbocycles. The van der Waals surface area contributed by atoms with E-state index in [2.05, 4.69) is 17.6 Å². The van der Waals surface area contributed by atoms with E-state index in [9.17, 15) is 4.79 Å². The van der Waals surface area contributed by atoms with E-state index in [4.69, 9.17) is 4.74 Å². The topological polar surface area (TPSA) is 50.4 Å². The number of carbonyl (C=O) groups is 1. The Morgan fingerprint density at radius 1 is 1.24 bits per heavy atom. The molecule has 0 heterocycles. The molecule has 0 unspecified atom stereocenters. The Bertz CT molecular complexity index is 444. The average molecular weight is 290 g/mol. The van der Waals surface area contributed by atoms with Gasteiger partial charge >= 0.3 is 6.03 Å². The first kappa shape index (κ1) is 17.2. The summed E-state index contributed by atoms with van der Waals surface area (Å²) in [6.07, 6.45) is 6.63. The van der Waals surface area contributed by atoms with Crippen molar-refractivity contribution in [3.63, 3.8) is 0 Å². The van der Waals surface area contributed by atoms with E-state index in [1.165, 1.54) is 5.56 Å². The summed E-state index contributed by atoms with van der Waals surface area (Å²) in [5.41, 5.74) is 2.28. The van der Waals surface area contributed by atoms with E-state index in [-0.39, 0.29) is 6.03 Å². The Labute approximate surface area is 127 Å². The first-order chi connectivity index (χ1) is 10.2. The quantitative estimate of drug-likeness (QED) is 0.684. The van der Waals surface area contributed by atoms with Gasteiger partial charge < -0.3 is 15.4 Å². The number of carbonyl (C=O) groups excluding carboxylic acids is 1. The minimum Gasteiger partial charge on any atom is -0.381 e. The highest BCUT2D eigenvalue weighted by atomic mass is 16.5. The maximum Gasteiger partial charge on any atom is 0.318 e. The largest absolute Gasteiger partial charge is 0.381 e. The molecule has 0 aliphatic carbocycles. The van der Waals surface area contributed by atoms with Gasteiger partial charge in [0.1, 0.15) is 0 Å². The maximum atomic E-state index is 11.5. The Morgan fingerprint density at radius 2 is 2.00 bits per heavy atom. The number of ether oxygens (including phenoxy) is 1. The van der Waals surface area contributed by atoms with E-state index in [0.29, 0.717) is 13.2 Å². The number of rotatable bonds is 9. The van der Waals surface area contributed by atoms with Crippen LogP contribution < -0.4 is 10.6 Å². The van der Waals surface area contributed by atoms with Crippen molar-refractivity contribution in [1.29, 1.82) is 0 Å². The molecule has 0 saturated carbocycles. The Balaban J connectivity index is 2.10. The van der Waals surface area contributed by atoms with Crippen molar-refractivity contribution in [3.8, 4) is 0 Å². The van der Waals surface area contributed by atoms with E-state index < -0.39 is 0 Å². The molecular formula is C17H26N2O2. The van der Waals surface area contributed by atoms with E-state index in [0.717, 1.165) is 31.4 Å². The molecule has 4 nitrogen and oxygen atoms in total. The molecule has 0 saturated heterocycles. The second-order valence-corrected chi connectivity index (χ2v) is 4.91. The van der Waals surface area contributed by atoms with Crippen LogP contribution in [0, 0.1) is 6.92 Å². The molecule has 21 heavy (non-hydrogen) atoms. The van der Waals surface area contributed by atoms with Gasteiger partial charge in [0.2, 0.25) is 0 Å². The lowest BCUT2D eigenvalue weighted by Crippen LogP contribution is -2.33. The van der Waals surface area contributed by atoms with Gasteiger partial charge in [-0.05, 0) is 37.0 Å². The van der Waals surface area contributed by atoms with E-state index >= 15 is 0 Å². The predicted molar refractivity (Wildman–Crippen MR) is 87.1 cm³/mol. The molecule has 0 bridgehead atoms. The molecular weight excluding hydrogens is 264 g/mol. The number of urea groups is 1. The van der Waals surface area contributed by atoms with E-state index in [1.54, 1.807) is 6.20 Å². The van der Waals surface area contributed by atoms with Crippen LogP contribution in [0.25, 0.3) is 6.08 Å². The van der Waals surface area contributed by atoms with Crippen LogP contribution in [0.2, 0.25) is 0 Å². The van der Waals surface area contributed by atoms with Gasteiger partial charge in [-0.3, -0.25) is 0 Å². The standard InChI is InChI=1S/C17H26N2O2/c1-3-4-13-21-14-7-11-18-17(20)19-12-10-16-9-6-5-8-15(16)2/h5-6,8-10,12H,3-4,7,11,13-14H2,1-2H3,(H2,18,19,20)/b12-10+. The van der Waals surface area contributed by atoms with Crippen LogP contribution in [0.1, 0.15) is 37.3 Å². The van der Waals surface area contributed by atoms with Crippen molar-refractivity contribution < 1.29 is 9.53 Å². The predicted octanol–water partition coefficient (Wildman–Crippen LogP) is 3.47. The summed E-state index contributed by atoms with van der Waals surface area (Å²) < 4.78 is 5.42. The first-order valence-corrected chi connectivity index (χ1v) is 7.58. The van der Waals surface area contributed by atoms with Gasteiger partial charge in [-0.1, -0.05) is 37.6 Å². The van der Waals surface area contributed by atoms with Crippen molar-refractivity contribution >= 4 is 12.1 Å². The molecule has 116 valence electrons. The van der Waals surface area contributed by atoms with Crippen LogP contribution in [-0.4, -0.2) is 25.8 Å². The van der Waals surface area contributed by atoms with Crippen molar-refractivity contribution in [3.05, 3.63) is 41.6 Å². The molecule has 0 aromatic heterocycles. The van der Waals surface area contributed by atoms with Crippen LogP contribution >= 0.6 is 0 Å². The average Bonchev–Trinajstić information content (AvgIpc) is 2.48. The van der Waals surface area contributed by atoms with Gasteiger partial charge in [-0.15, -0.1) is 0 Å². The van der Waals surface area contributed by atoms with Crippen molar-refractivity contribution in [2.24, 2.45) is 0 Å². The number of hydrogen-bond donors (Lipinski definition) is 2. The maximum absolute atomic E-state index is 11.5. The summed E-state index contributed by atoms with van der Waals surface area (Å²) in [5, 5.41) is 5.49. The highest BCUT2D eigenvalue weighted by molar-refractivity contribution is 5.75. The smallest absolute Gasteiger partial charge is 0.318 e. The Hall–Kier alpha value is -1.81. The SMILES string of the molecule is CCCCOCCCNC(=O)N/C=C/c1ccccc1C. The highest BCUT2D eigenvalue weighted by Crippen LogP contribution is 2.07. The lowest BCUT2D eigenvalue weighted by atomic mass is 10.1. The summed E-state index contributed by atoms with van der Waals surface area (Å²) in [6.45, 7) is 6.30. The minimum atomic E-state index is -0.187. The zero-order valence-corrected chi connectivity index (χ0v) is 13.0. The number of benzene rings is 1. The fourth-order valence-electron chi connectivity index (χ4n) is 1.76. The summed E-state index contributed by atoms with van der Waals surface area (Å²) >= 11 is 0. The monoisotopic (exact) mass is 290 g/mol. The number of hydrogen-bond acceptors (Lipinski definition) is 2. The zero-order chi connectivity index (χ0) is 15.3. The van der Waals surface area contributed by atoms with Crippen molar-refractivity contribution in [1.82, 2.24) is 10.6 Å². The van der Waals surface area contributed by atoms with Gasteiger partial charge in [-0.2, -0.15) is 0 Å². The van der Waals surface area contributed by atoms with Crippen LogP contribution in [0.15, 0.2) is 30.5 Å². The van der Waals surface area contributed by atoms with Gasteiger partial charge in [0.15, 0.2) is 0 Å².